The quantitative estimate of drug-likeness (QED) is 0.0614. The van der Waals surface area contributed by atoms with Crippen LogP contribution in [-0.2, 0) is 24.1 Å². The van der Waals surface area contributed by atoms with Crippen molar-refractivity contribution >= 4 is 8.53 Å². The number of aryl methyl sites for hydroxylation is 1. The lowest BCUT2D eigenvalue weighted by Gasteiger charge is -2.39. The summed E-state index contributed by atoms with van der Waals surface area (Å²) in [7, 11) is 1.66. The minimum absolute atomic E-state index is 0.0901. The van der Waals surface area contributed by atoms with E-state index < -0.39 is 38.3 Å². The molecule has 5 rings (SSSR count). The standard InChI is InChI=1S/C40H49N4O7P/c1-28(2)44(29(3)4)52(49-23-11-22-41)51-36-24-38(43-26-30(5)25-42-39(43)45)50-37(36)27-48-40(31-12-9-8-10-13-31,32-14-18-34(46-6)19-15-32)33-16-20-35(47-7)21-17-33/h8-10,12-21,25-26,28-29,36-38H,11,23-24,27H2,1-7H3/t36-,37+,38+,52?/m0/s1. The molecule has 0 amide bonds. The van der Waals surface area contributed by atoms with Gasteiger partial charge in [-0.2, -0.15) is 5.26 Å². The first-order valence-electron chi connectivity index (χ1n) is 17.5. The van der Waals surface area contributed by atoms with Crippen LogP contribution in [0.3, 0.4) is 0 Å². The van der Waals surface area contributed by atoms with Crippen LogP contribution in [0, 0.1) is 18.3 Å². The Morgan fingerprint density at radius 3 is 2.06 bits per heavy atom. The van der Waals surface area contributed by atoms with Crippen LogP contribution < -0.4 is 15.2 Å². The molecule has 0 spiro atoms. The third-order valence-corrected chi connectivity index (χ3v) is 11.1. The van der Waals surface area contributed by atoms with Crippen molar-refractivity contribution in [2.24, 2.45) is 0 Å². The second-order valence-electron chi connectivity index (χ2n) is 13.2. The summed E-state index contributed by atoms with van der Waals surface area (Å²) in [5.74, 6) is 1.44. The molecule has 3 aromatic carbocycles. The first-order chi connectivity index (χ1) is 25.1. The zero-order chi connectivity index (χ0) is 37.3. The summed E-state index contributed by atoms with van der Waals surface area (Å²) in [5, 5.41) is 9.29. The van der Waals surface area contributed by atoms with Crippen molar-refractivity contribution in [3.8, 4) is 17.6 Å². The molecule has 11 nitrogen and oxygen atoms in total. The van der Waals surface area contributed by atoms with Crippen molar-refractivity contribution in [3.63, 3.8) is 0 Å². The van der Waals surface area contributed by atoms with Gasteiger partial charge in [-0.05, 0) is 81.1 Å². The van der Waals surface area contributed by atoms with E-state index in [1.807, 2.05) is 85.8 Å². The zero-order valence-electron chi connectivity index (χ0n) is 31.0. The third kappa shape index (κ3) is 8.89. The molecule has 52 heavy (non-hydrogen) atoms. The molecule has 0 bridgehead atoms. The maximum Gasteiger partial charge on any atom is 0.349 e. The Balaban J connectivity index is 1.59. The van der Waals surface area contributed by atoms with Gasteiger partial charge in [-0.1, -0.05) is 54.6 Å². The number of rotatable bonds is 17. The monoisotopic (exact) mass is 728 g/mol. The van der Waals surface area contributed by atoms with Crippen molar-refractivity contribution in [2.45, 2.75) is 83.6 Å². The first kappa shape index (κ1) is 39.1. The number of methoxy groups -OCH3 is 2. The fourth-order valence-electron chi connectivity index (χ4n) is 6.56. The molecule has 0 aliphatic carbocycles. The number of aromatic nitrogens is 2. The van der Waals surface area contributed by atoms with Crippen LogP contribution in [0.2, 0.25) is 0 Å². The van der Waals surface area contributed by atoms with Gasteiger partial charge in [0.25, 0.3) is 8.53 Å². The predicted octanol–water partition coefficient (Wildman–Crippen LogP) is 7.53. The SMILES string of the molecule is COc1ccc(C(OC[C@H]2O[C@@H](n3cc(C)cnc3=O)C[C@@H]2OP(OCCC#N)N(C(C)C)C(C)C)(c2ccccc2)c2ccc(OC)cc2)cc1. The summed E-state index contributed by atoms with van der Waals surface area (Å²) < 4.78 is 41.9. The highest BCUT2D eigenvalue weighted by Gasteiger charge is 2.45. The second kappa shape index (κ2) is 18.1. The molecule has 12 heteroatoms. The van der Waals surface area contributed by atoms with E-state index in [2.05, 4.69) is 43.4 Å². The van der Waals surface area contributed by atoms with Crippen LogP contribution in [0.25, 0.3) is 0 Å². The molecule has 276 valence electrons. The number of hydrogen-bond acceptors (Lipinski definition) is 10. The maximum atomic E-state index is 13.1. The minimum atomic E-state index is -1.62. The first-order valence-corrected chi connectivity index (χ1v) is 18.7. The third-order valence-electron chi connectivity index (χ3n) is 8.96. The zero-order valence-corrected chi connectivity index (χ0v) is 31.9. The summed E-state index contributed by atoms with van der Waals surface area (Å²) in [5.41, 5.74) is 1.99. The van der Waals surface area contributed by atoms with Crippen molar-refractivity contribution in [2.75, 3.05) is 27.4 Å². The van der Waals surface area contributed by atoms with Crippen molar-refractivity contribution in [1.29, 1.82) is 5.26 Å². The lowest BCUT2D eigenvalue weighted by molar-refractivity contribution is -0.0925. The van der Waals surface area contributed by atoms with Crippen molar-refractivity contribution < 1.29 is 28.0 Å². The summed E-state index contributed by atoms with van der Waals surface area (Å²) in [4.78, 5) is 17.1. The van der Waals surface area contributed by atoms with Crippen LogP contribution in [0.4, 0.5) is 0 Å². The van der Waals surface area contributed by atoms with Crippen molar-refractivity contribution in [1.82, 2.24) is 14.2 Å². The Kier molecular flexibility index (Phi) is 13.6. The minimum Gasteiger partial charge on any atom is -0.497 e. The smallest absolute Gasteiger partial charge is 0.349 e. The second-order valence-corrected chi connectivity index (χ2v) is 14.6. The van der Waals surface area contributed by atoms with Gasteiger partial charge in [0.1, 0.15) is 29.4 Å². The van der Waals surface area contributed by atoms with Gasteiger partial charge in [-0.15, -0.1) is 0 Å². The summed E-state index contributed by atoms with van der Waals surface area (Å²) in [6, 6.07) is 28.1. The Labute approximate surface area is 308 Å². The van der Waals surface area contributed by atoms with E-state index in [0.717, 1.165) is 33.8 Å². The molecule has 1 aliphatic heterocycles. The summed E-state index contributed by atoms with van der Waals surface area (Å²) >= 11 is 0. The fourth-order valence-corrected chi connectivity index (χ4v) is 8.32. The molecule has 1 aromatic heterocycles. The Morgan fingerprint density at radius 2 is 1.52 bits per heavy atom. The van der Waals surface area contributed by atoms with Crippen molar-refractivity contribution in [3.05, 3.63) is 124 Å². The fraction of sp³-hybridized carbons (Fsp3) is 0.425. The topological polar surface area (TPSA) is 117 Å². The molecule has 4 aromatic rings. The Morgan fingerprint density at radius 1 is 0.942 bits per heavy atom. The number of nitriles is 1. The van der Waals surface area contributed by atoms with E-state index in [9.17, 15) is 10.1 Å². The molecule has 1 unspecified atom stereocenters. The van der Waals surface area contributed by atoms with Gasteiger partial charge < -0.3 is 28.0 Å². The predicted molar refractivity (Wildman–Crippen MR) is 200 cm³/mol. The van der Waals surface area contributed by atoms with E-state index in [-0.39, 0.29) is 31.7 Å². The average Bonchev–Trinajstić information content (AvgIpc) is 3.55. The normalized spacial score (nSPS) is 18.1. The molecule has 0 radical (unpaired) electrons. The molecule has 0 N–H and O–H groups in total. The van der Waals surface area contributed by atoms with Crippen LogP contribution in [0.1, 0.15) is 69.0 Å². The van der Waals surface area contributed by atoms with Crippen LogP contribution in [-0.4, -0.2) is 65.9 Å². The molecule has 0 saturated carbocycles. The molecule has 4 atom stereocenters. The molecule has 1 aliphatic rings. The Bertz CT molecular complexity index is 1760. The van der Waals surface area contributed by atoms with Gasteiger partial charge in [0, 0.05) is 30.9 Å². The number of hydrogen-bond donors (Lipinski definition) is 0. The van der Waals surface area contributed by atoms with E-state index >= 15 is 0 Å². The lowest BCUT2D eigenvalue weighted by Crippen LogP contribution is -2.39. The average molecular weight is 729 g/mol. The largest absolute Gasteiger partial charge is 0.497 e. The lowest BCUT2D eigenvalue weighted by atomic mass is 9.80. The van der Waals surface area contributed by atoms with E-state index in [0.29, 0.717) is 6.42 Å². The molecular formula is C40H49N4O7P. The molecular weight excluding hydrogens is 679 g/mol. The van der Waals surface area contributed by atoms with Gasteiger partial charge >= 0.3 is 5.69 Å². The highest BCUT2D eigenvalue weighted by atomic mass is 31.2. The summed E-state index contributed by atoms with van der Waals surface area (Å²) in [6.07, 6.45) is 2.07. The van der Waals surface area contributed by atoms with Gasteiger partial charge in [0.05, 0.1) is 46.0 Å². The van der Waals surface area contributed by atoms with Gasteiger partial charge in [0.2, 0.25) is 0 Å². The van der Waals surface area contributed by atoms with Crippen LogP contribution >= 0.6 is 8.53 Å². The van der Waals surface area contributed by atoms with Gasteiger partial charge in [-0.3, -0.25) is 4.57 Å². The molecule has 1 saturated heterocycles. The number of nitrogens with zero attached hydrogens (tertiary/aromatic N) is 4. The Hall–Kier alpha value is -4.14. The van der Waals surface area contributed by atoms with E-state index in [1.54, 1.807) is 26.6 Å². The number of benzene rings is 3. The van der Waals surface area contributed by atoms with E-state index in [1.165, 1.54) is 4.57 Å². The highest BCUT2D eigenvalue weighted by Crippen LogP contribution is 2.50. The molecule has 1 fully saturated rings. The van der Waals surface area contributed by atoms with Crippen LogP contribution in [0.15, 0.2) is 96.1 Å². The molecule has 2 heterocycles. The maximum absolute atomic E-state index is 13.1. The van der Waals surface area contributed by atoms with Gasteiger partial charge in [0.15, 0.2) is 0 Å². The van der Waals surface area contributed by atoms with E-state index in [4.69, 9.17) is 28.0 Å². The highest BCUT2D eigenvalue weighted by molar-refractivity contribution is 7.44. The number of ether oxygens (including phenoxy) is 4. The van der Waals surface area contributed by atoms with Gasteiger partial charge in [-0.25, -0.2) is 14.4 Å². The van der Waals surface area contributed by atoms with Crippen LogP contribution in [0.5, 0.6) is 11.5 Å². The summed E-state index contributed by atoms with van der Waals surface area (Å²) in [6.45, 7) is 10.6.